The first kappa shape index (κ1) is 16.6. The lowest BCUT2D eigenvalue weighted by Crippen LogP contribution is -2.39. The summed E-state index contributed by atoms with van der Waals surface area (Å²) >= 11 is 0. The van der Waals surface area contributed by atoms with Crippen LogP contribution >= 0.6 is 0 Å². The van der Waals surface area contributed by atoms with Gasteiger partial charge in [-0.3, -0.25) is 4.90 Å². The van der Waals surface area contributed by atoms with Gasteiger partial charge in [-0.1, -0.05) is 60.7 Å². The van der Waals surface area contributed by atoms with Crippen molar-refractivity contribution < 1.29 is 9.90 Å². The quantitative estimate of drug-likeness (QED) is 0.747. The molecule has 3 aromatic rings. The van der Waals surface area contributed by atoms with Gasteiger partial charge in [-0.2, -0.15) is 0 Å². The lowest BCUT2D eigenvalue weighted by Gasteiger charge is -2.24. The van der Waals surface area contributed by atoms with Crippen LogP contribution in [0.25, 0.3) is 0 Å². The molecule has 126 valence electrons. The maximum atomic E-state index is 12.7. The van der Waals surface area contributed by atoms with E-state index in [9.17, 15) is 9.90 Å². The second-order valence-corrected chi connectivity index (χ2v) is 5.78. The van der Waals surface area contributed by atoms with E-state index in [1.165, 1.54) is 4.90 Å². The molecule has 0 heterocycles. The monoisotopic (exact) mass is 332 g/mol. The molecule has 0 fully saturated rings. The Balaban J connectivity index is 1.85. The zero-order chi connectivity index (χ0) is 17.6. The summed E-state index contributed by atoms with van der Waals surface area (Å²) in [7, 11) is 1.70. The molecule has 0 aliphatic rings. The van der Waals surface area contributed by atoms with Crippen molar-refractivity contribution in [3.05, 3.63) is 96.1 Å². The minimum Gasteiger partial charge on any atom is -0.508 e. The van der Waals surface area contributed by atoms with Gasteiger partial charge in [0.15, 0.2) is 0 Å². The molecule has 0 radical (unpaired) electrons. The van der Waals surface area contributed by atoms with Gasteiger partial charge in [-0.05, 0) is 35.4 Å². The van der Waals surface area contributed by atoms with Gasteiger partial charge in [0, 0.05) is 12.7 Å². The molecule has 25 heavy (non-hydrogen) atoms. The van der Waals surface area contributed by atoms with E-state index in [1.54, 1.807) is 31.3 Å². The van der Waals surface area contributed by atoms with Crippen LogP contribution in [0, 0.1) is 0 Å². The fourth-order valence-corrected chi connectivity index (χ4v) is 2.66. The molecule has 0 saturated heterocycles. The molecule has 3 rings (SSSR count). The first-order chi connectivity index (χ1) is 12.1. The number of benzene rings is 3. The van der Waals surface area contributed by atoms with Crippen LogP contribution in [0.3, 0.4) is 0 Å². The first-order valence-electron chi connectivity index (χ1n) is 8.08. The Bertz CT molecular complexity index is 778. The summed E-state index contributed by atoms with van der Waals surface area (Å²) in [6, 6.07) is 25.8. The van der Waals surface area contributed by atoms with Crippen LogP contribution in [0.2, 0.25) is 0 Å². The Hall–Kier alpha value is -3.27. The Labute approximate surface area is 147 Å². The number of nitrogens with one attached hydrogen (secondary N) is 1. The second kappa shape index (κ2) is 7.53. The standard InChI is InChI=1S/C21H20N2O2/c1-23(18-12-14-19(24)15-13-18)21(25)22-20(16-8-4-2-5-9-16)17-10-6-3-7-11-17/h2-15,20,24H,1H3,(H,22,25). The summed E-state index contributed by atoms with van der Waals surface area (Å²) in [4.78, 5) is 14.3. The van der Waals surface area contributed by atoms with Gasteiger partial charge in [0.05, 0.1) is 6.04 Å². The zero-order valence-corrected chi connectivity index (χ0v) is 14.0. The Morgan fingerprint density at radius 3 is 1.80 bits per heavy atom. The Morgan fingerprint density at radius 1 is 0.840 bits per heavy atom. The molecule has 2 amide bonds. The number of nitrogens with zero attached hydrogens (tertiary/aromatic N) is 1. The van der Waals surface area contributed by atoms with Crippen molar-refractivity contribution in [2.24, 2.45) is 0 Å². The number of anilines is 1. The molecule has 2 N–H and O–H groups in total. The van der Waals surface area contributed by atoms with Gasteiger partial charge in [-0.25, -0.2) is 4.79 Å². The van der Waals surface area contributed by atoms with Crippen molar-refractivity contribution in [3.8, 4) is 5.75 Å². The summed E-state index contributed by atoms with van der Waals surface area (Å²) < 4.78 is 0. The fraction of sp³-hybridized carbons (Fsp3) is 0.0952. The predicted molar refractivity (Wildman–Crippen MR) is 99.8 cm³/mol. The van der Waals surface area contributed by atoms with Crippen LogP contribution in [0.1, 0.15) is 17.2 Å². The number of rotatable bonds is 4. The van der Waals surface area contributed by atoms with E-state index >= 15 is 0 Å². The number of hydrogen-bond donors (Lipinski definition) is 2. The number of carbonyl (C=O) groups excluding carboxylic acids is 1. The smallest absolute Gasteiger partial charge is 0.322 e. The van der Waals surface area contributed by atoms with Crippen molar-refractivity contribution in [2.45, 2.75) is 6.04 Å². The maximum Gasteiger partial charge on any atom is 0.322 e. The maximum absolute atomic E-state index is 12.7. The summed E-state index contributed by atoms with van der Waals surface area (Å²) in [5, 5.41) is 12.5. The molecule has 4 nitrogen and oxygen atoms in total. The van der Waals surface area contributed by atoms with Crippen LogP contribution in [-0.4, -0.2) is 18.2 Å². The molecule has 3 aromatic carbocycles. The summed E-state index contributed by atoms with van der Waals surface area (Å²) in [5.74, 6) is 0.170. The van der Waals surface area contributed by atoms with Crippen LogP contribution in [0.15, 0.2) is 84.9 Å². The molecule has 0 saturated carbocycles. The Kier molecular flexibility index (Phi) is 5.00. The third-order valence-electron chi connectivity index (χ3n) is 4.08. The van der Waals surface area contributed by atoms with Gasteiger partial charge >= 0.3 is 6.03 Å². The van der Waals surface area contributed by atoms with E-state index in [1.807, 2.05) is 60.7 Å². The summed E-state index contributed by atoms with van der Waals surface area (Å²) in [6.45, 7) is 0. The normalized spacial score (nSPS) is 10.5. The number of hydrogen-bond acceptors (Lipinski definition) is 2. The third-order valence-corrected chi connectivity index (χ3v) is 4.08. The second-order valence-electron chi connectivity index (χ2n) is 5.78. The molecule has 0 aromatic heterocycles. The van der Waals surface area contributed by atoms with E-state index in [-0.39, 0.29) is 17.8 Å². The van der Waals surface area contributed by atoms with Crippen LogP contribution < -0.4 is 10.2 Å². The number of phenols is 1. The largest absolute Gasteiger partial charge is 0.508 e. The summed E-state index contributed by atoms with van der Waals surface area (Å²) in [6.07, 6.45) is 0. The summed E-state index contributed by atoms with van der Waals surface area (Å²) in [5.41, 5.74) is 2.73. The van der Waals surface area contributed by atoms with Crippen LogP contribution in [0.4, 0.5) is 10.5 Å². The lowest BCUT2D eigenvalue weighted by atomic mass is 9.99. The van der Waals surface area contributed by atoms with E-state index in [0.717, 1.165) is 11.1 Å². The minimum absolute atomic E-state index is 0.170. The highest BCUT2D eigenvalue weighted by atomic mass is 16.3. The highest BCUT2D eigenvalue weighted by molar-refractivity contribution is 5.92. The van der Waals surface area contributed by atoms with Gasteiger partial charge < -0.3 is 10.4 Å². The molecular formula is C21H20N2O2. The average molecular weight is 332 g/mol. The molecule has 0 aliphatic carbocycles. The lowest BCUT2D eigenvalue weighted by molar-refractivity contribution is 0.245. The van der Waals surface area contributed by atoms with Crippen molar-refractivity contribution in [3.63, 3.8) is 0 Å². The molecule has 0 aliphatic heterocycles. The van der Waals surface area contributed by atoms with E-state index < -0.39 is 0 Å². The molecule has 0 unspecified atom stereocenters. The molecule has 4 heteroatoms. The number of urea groups is 1. The van der Waals surface area contributed by atoms with Gasteiger partial charge in [0.25, 0.3) is 0 Å². The fourth-order valence-electron chi connectivity index (χ4n) is 2.66. The highest BCUT2D eigenvalue weighted by Crippen LogP contribution is 2.23. The molecule has 0 spiro atoms. The number of carbonyl (C=O) groups is 1. The van der Waals surface area contributed by atoms with Gasteiger partial charge in [-0.15, -0.1) is 0 Å². The van der Waals surface area contributed by atoms with Crippen molar-refractivity contribution in [1.29, 1.82) is 0 Å². The topological polar surface area (TPSA) is 52.6 Å². The minimum atomic E-state index is -0.241. The molecular weight excluding hydrogens is 312 g/mol. The SMILES string of the molecule is CN(C(=O)NC(c1ccccc1)c1ccccc1)c1ccc(O)cc1. The number of phenolic OH excluding ortho intramolecular Hbond substituents is 1. The predicted octanol–water partition coefficient (Wildman–Crippen LogP) is 4.33. The van der Waals surface area contributed by atoms with Crippen molar-refractivity contribution in [1.82, 2.24) is 5.32 Å². The zero-order valence-electron chi connectivity index (χ0n) is 14.0. The first-order valence-corrected chi connectivity index (χ1v) is 8.08. The average Bonchev–Trinajstić information content (AvgIpc) is 2.67. The Morgan fingerprint density at radius 2 is 1.32 bits per heavy atom. The van der Waals surface area contributed by atoms with Crippen LogP contribution in [-0.2, 0) is 0 Å². The number of amides is 2. The number of aromatic hydroxyl groups is 1. The highest BCUT2D eigenvalue weighted by Gasteiger charge is 2.19. The van der Waals surface area contributed by atoms with Crippen LogP contribution in [0.5, 0.6) is 5.75 Å². The van der Waals surface area contributed by atoms with E-state index in [4.69, 9.17) is 0 Å². The molecule has 0 bridgehead atoms. The third kappa shape index (κ3) is 3.98. The van der Waals surface area contributed by atoms with Crippen molar-refractivity contribution >= 4 is 11.7 Å². The van der Waals surface area contributed by atoms with E-state index in [0.29, 0.717) is 5.69 Å². The van der Waals surface area contributed by atoms with Gasteiger partial charge in [0.1, 0.15) is 5.75 Å². The van der Waals surface area contributed by atoms with E-state index in [2.05, 4.69) is 5.32 Å². The molecule has 0 atom stereocenters. The van der Waals surface area contributed by atoms with Crippen molar-refractivity contribution in [2.75, 3.05) is 11.9 Å². The van der Waals surface area contributed by atoms with Gasteiger partial charge in [0.2, 0.25) is 0 Å².